The van der Waals surface area contributed by atoms with Crippen LogP contribution in [0, 0.1) is 0 Å². The zero-order valence-electron chi connectivity index (χ0n) is 52.8. The van der Waals surface area contributed by atoms with Gasteiger partial charge in [-0.1, -0.05) is 206 Å². The smallest absolute Gasteiger partial charge is 0.143 e. The Morgan fingerprint density at radius 1 is 0.391 bits per heavy atom. The molecular formula is C62H43NO. The molecule has 12 rings (SSSR count). The molecule has 0 saturated heterocycles. The first-order valence-corrected chi connectivity index (χ1v) is 20.7. The van der Waals surface area contributed by atoms with Crippen LogP contribution in [0.4, 0.5) is 11.4 Å². The highest BCUT2D eigenvalue weighted by Gasteiger charge is 2.24. The van der Waals surface area contributed by atoms with Crippen LogP contribution in [0.15, 0.2) is 246 Å². The highest BCUT2D eigenvalue weighted by molar-refractivity contribution is 6.17. The summed E-state index contributed by atoms with van der Waals surface area (Å²) in [4.78, 5) is 1.22. The fourth-order valence-corrected chi connectivity index (χ4v) is 8.38. The molecule has 0 unspecified atom stereocenters. The minimum Gasteiger partial charge on any atom is -0.455 e. The first-order chi connectivity index (χ1) is 39.7. The molecule has 0 amide bonds. The van der Waals surface area contributed by atoms with Crippen molar-refractivity contribution in [3.05, 3.63) is 247 Å². The molecule has 0 saturated carbocycles. The Labute approximate surface area is 400 Å². The predicted molar refractivity (Wildman–Crippen MR) is 271 cm³/mol. The van der Waals surface area contributed by atoms with Gasteiger partial charge in [0.05, 0.1) is 26.0 Å². The molecule has 64 heavy (non-hydrogen) atoms. The summed E-state index contributed by atoms with van der Waals surface area (Å²) in [6.07, 6.45) is 4.11. The third kappa shape index (κ3) is 6.68. The number of hydrogen-bond donors (Lipinski definition) is 0. The van der Waals surface area contributed by atoms with Gasteiger partial charge < -0.3 is 9.32 Å². The van der Waals surface area contributed by atoms with E-state index >= 15 is 0 Å². The number of anilines is 2. The van der Waals surface area contributed by atoms with Crippen LogP contribution >= 0.6 is 0 Å². The van der Waals surface area contributed by atoms with E-state index in [1.54, 1.807) is 18.2 Å². The van der Waals surface area contributed by atoms with Crippen LogP contribution in [-0.2, 0) is 0 Å². The molecule has 10 aromatic carbocycles. The van der Waals surface area contributed by atoms with Crippen LogP contribution in [0.25, 0.3) is 93.6 Å². The number of furan rings is 1. The monoisotopic (exact) mass is 836 g/mol. The van der Waals surface area contributed by atoms with Crippen molar-refractivity contribution >= 4 is 60.4 Å². The van der Waals surface area contributed by atoms with Crippen molar-refractivity contribution in [2.24, 2.45) is 0 Å². The number of rotatable bonds is 8. The maximum atomic E-state index is 9.90. The van der Waals surface area contributed by atoms with Crippen LogP contribution < -0.4 is 4.90 Å². The Balaban J connectivity index is 1.12. The van der Waals surface area contributed by atoms with E-state index in [9.17, 15) is 16.4 Å². The Hall–Kier alpha value is -8.20. The molecule has 0 fully saturated rings. The van der Waals surface area contributed by atoms with E-state index in [4.69, 9.17) is 14.0 Å². The number of nitrogens with zero attached hydrogens (tertiary/aromatic N) is 1. The highest BCUT2D eigenvalue weighted by Crippen LogP contribution is 2.44. The summed E-state index contributed by atoms with van der Waals surface area (Å²) in [7, 11) is 0. The number of allylic oxidation sites excluding steroid dienone is 4. The molecule has 2 nitrogen and oxygen atoms in total. The Kier molecular flexibility index (Phi) is 5.66. The maximum Gasteiger partial charge on any atom is 0.143 e. The van der Waals surface area contributed by atoms with Gasteiger partial charge in [-0.3, -0.25) is 0 Å². The van der Waals surface area contributed by atoms with Gasteiger partial charge in [0.1, 0.15) is 11.2 Å². The van der Waals surface area contributed by atoms with E-state index in [1.165, 1.54) is 4.90 Å². The van der Waals surface area contributed by atoms with Crippen LogP contribution in [0.2, 0.25) is 0 Å². The lowest BCUT2D eigenvalue weighted by atomic mass is 9.93. The molecule has 1 aliphatic rings. The summed E-state index contributed by atoms with van der Waals surface area (Å²) in [5.74, 6) is 0. The lowest BCUT2D eigenvalue weighted by Crippen LogP contribution is -2.19. The number of para-hydroxylation sites is 1. The van der Waals surface area contributed by atoms with Crippen LogP contribution in [0.1, 0.15) is 44.4 Å². The van der Waals surface area contributed by atoms with E-state index in [0.29, 0.717) is 34.3 Å². The fraction of sp³-hybridized carbons (Fsp3) is 0.0323. The fourth-order valence-electron chi connectivity index (χ4n) is 8.38. The quantitative estimate of drug-likeness (QED) is 0.152. The number of hydrogen-bond acceptors (Lipinski definition) is 2. The summed E-state index contributed by atoms with van der Waals surface area (Å²) < 4.78 is 182. The lowest BCUT2D eigenvalue weighted by Gasteiger charge is -2.31. The van der Waals surface area contributed by atoms with Gasteiger partial charge in [-0.15, -0.1) is 0 Å². The number of benzene rings is 10. The standard InChI is InChI=1S/C62H43NO/c1-2-12-42(13-3-1)43-24-26-44(27-25-43)46-32-37-51(38-33-46)63(52-39-34-47(35-40-52)45-28-30-50(31-29-45)54-20-10-16-48-14-4-6-17-53(48)54)60-23-9-8-19-56(60)57-21-11-22-58-59-41-36-49-15-5-7-18-55(49)61(59)64-62(57)58/h1-8,10-22,24-41H,9,23H2/i4D,6D,10D,14D,16D,17D,20D,28D,29D,30D,31D,32D,33D,34D,35D,37D,38D,39D,40D. The second-order valence-electron chi connectivity index (χ2n) is 15.2. The molecule has 0 bridgehead atoms. The SMILES string of the molecule is [2H]c1c([2H])c(N(C2=C(c3cccc4c3oc3c5ccccc5ccc43)C=CCC2)c2c([2H])c([2H])c(-c3c([2H])c([2H])c(-c4c([2H])c([2H])c([2H])c5c([2H])c([2H])c([2H])c([2H])c45)c([2H])c3[2H])c([2H])c2[2H])c([2H])c([2H])c1-c1ccc(-c2ccccc2)cc1. The molecule has 0 aliphatic heterocycles. The van der Waals surface area contributed by atoms with Crippen molar-refractivity contribution in [1.29, 1.82) is 0 Å². The number of fused-ring (bicyclic) bond motifs is 6. The van der Waals surface area contributed by atoms with E-state index in [0.717, 1.165) is 32.7 Å². The van der Waals surface area contributed by atoms with Gasteiger partial charge in [-0.05, 0) is 104 Å². The third-order valence-electron chi connectivity index (χ3n) is 11.5. The van der Waals surface area contributed by atoms with Gasteiger partial charge in [0.25, 0.3) is 0 Å². The van der Waals surface area contributed by atoms with Crippen LogP contribution in [0.5, 0.6) is 0 Å². The molecule has 2 heteroatoms. The van der Waals surface area contributed by atoms with E-state index in [2.05, 4.69) is 0 Å². The van der Waals surface area contributed by atoms with Gasteiger partial charge >= 0.3 is 0 Å². The Morgan fingerprint density at radius 2 is 0.984 bits per heavy atom. The van der Waals surface area contributed by atoms with Crippen LogP contribution in [0.3, 0.4) is 0 Å². The van der Waals surface area contributed by atoms with Crippen molar-refractivity contribution in [3.8, 4) is 44.5 Å². The van der Waals surface area contributed by atoms with Gasteiger partial charge in [0.15, 0.2) is 0 Å². The summed E-state index contributed by atoms with van der Waals surface area (Å²) in [6.45, 7) is 0. The second kappa shape index (κ2) is 15.9. The first kappa shape index (κ1) is 22.8. The minimum absolute atomic E-state index is 0.0394. The molecule has 1 heterocycles. The van der Waals surface area contributed by atoms with E-state index in [1.807, 2.05) is 103 Å². The predicted octanol–water partition coefficient (Wildman–Crippen LogP) is 17.5. The molecule has 0 radical (unpaired) electrons. The van der Waals surface area contributed by atoms with Crippen LogP contribution in [-0.4, -0.2) is 0 Å². The summed E-state index contributed by atoms with van der Waals surface area (Å²) in [5, 5.41) is 2.38. The average Bonchev–Trinajstić information content (AvgIpc) is 2.40. The average molecular weight is 837 g/mol. The topological polar surface area (TPSA) is 16.4 Å². The van der Waals surface area contributed by atoms with Crippen molar-refractivity contribution in [1.82, 2.24) is 0 Å². The highest BCUT2D eigenvalue weighted by atomic mass is 16.3. The van der Waals surface area contributed by atoms with Crippen molar-refractivity contribution in [2.75, 3.05) is 4.90 Å². The summed E-state index contributed by atoms with van der Waals surface area (Å²) in [6, 6.07) is 19.2. The molecule has 11 aromatic rings. The Bertz CT molecular complexity index is 4630. The second-order valence-corrected chi connectivity index (χ2v) is 15.2. The summed E-state index contributed by atoms with van der Waals surface area (Å²) in [5.41, 5.74) is 0.742. The van der Waals surface area contributed by atoms with Gasteiger partial charge in [0, 0.05) is 44.4 Å². The molecule has 1 aliphatic carbocycles. The zero-order chi connectivity index (χ0) is 58.9. The van der Waals surface area contributed by atoms with Gasteiger partial charge in [-0.2, -0.15) is 0 Å². The zero-order valence-corrected chi connectivity index (χ0v) is 33.8. The van der Waals surface area contributed by atoms with Crippen molar-refractivity contribution < 1.29 is 30.5 Å². The summed E-state index contributed by atoms with van der Waals surface area (Å²) >= 11 is 0. The van der Waals surface area contributed by atoms with Crippen molar-refractivity contribution in [2.45, 2.75) is 12.8 Å². The molecule has 302 valence electrons. The lowest BCUT2D eigenvalue weighted by molar-refractivity contribution is 0.671. The van der Waals surface area contributed by atoms with E-state index < -0.39 is 159 Å². The molecule has 1 aromatic heterocycles. The Morgan fingerprint density at radius 3 is 1.75 bits per heavy atom. The van der Waals surface area contributed by atoms with Gasteiger partial charge in [0.2, 0.25) is 0 Å². The minimum atomic E-state index is -0.928. The maximum absolute atomic E-state index is 9.90. The first-order valence-electron chi connectivity index (χ1n) is 30.2. The molecular weight excluding hydrogens is 775 g/mol. The van der Waals surface area contributed by atoms with Crippen molar-refractivity contribution in [3.63, 3.8) is 0 Å². The largest absolute Gasteiger partial charge is 0.455 e. The van der Waals surface area contributed by atoms with E-state index in [-0.39, 0.29) is 17.7 Å². The normalized spacial score (nSPS) is 16.9. The molecule has 0 N–H and O–H groups in total. The molecule has 0 atom stereocenters. The third-order valence-corrected chi connectivity index (χ3v) is 11.5. The molecule has 0 spiro atoms. The van der Waals surface area contributed by atoms with Gasteiger partial charge in [-0.25, -0.2) is 0 Å².